The maximum absolute atomic E-state index is 6.20. The molecule has 2 unspecified atom stereocenters. The molecule has 30 heavy (non-hydrogen) atoms. The summed E-state index contributed by atoms with van der Waals surface area (Å²) in [6.45, 7) is 15.5. The summed E-state index contributed by atoms with van der Waals surface area (Å²) in [7, 11) is 2.73. The van der Waals surface area contributed by atoms with Crippen molar-refractivity contribution in [1.82, 2.24) is 0 Å². The molecule has 0 fully saturated rings. The van der Waals surface area contributed by atoms with Crippen LogP contribution in [-0.4, -0.2) is 53.8 Å². The van der Waals surface area contributed by atoms with E-state index in [4.69, 9.17) is 9.47 Å². The van der Waals surface area contributed by atoms with Crippen molar-refractivity contribution in [1.29, 1.82) is 0 Å². The Morgan fingerprint density at radius 1 is 0.567 bits per heavy atom. The molecular weight excluding hydrogens is 441 g/mol. The molecule has 0 aliphatic heterocycles. The highest BCUT2D eigenvalue weighted by Gasteiger charge is 2.22. The quantitative estimate of drug-likeness (QED) is 0.0815. The molecule has 0 saturated heterocycles. The van der Waals surface area contributed by atoms with Crippen LogP contribution in [0, 0.1) is 0 Å². The van der Waals surface area contributed by atoms with E-state index in [0.29, 0.717) is 11.5 Å². The third-order valence-electron chi connectivity index (χ3n) is 5.97. The van der Waals surface area contributed by atoms with Crippen LogP contribution in [0.25, 0.3) is 0 Å². The maximum Gasteiger partial charge on any atom is 0.0716 e. The van der Waals surface area contributed by atoms with Crippen LogP contribution in [0.5, 0.6) is 0 Å². The van der Waals surface area contributed by atoms with Crippen molar-refractivity contribution in [3.63, 3.8) is 0 Å². The molecule has 0 aromatic rings. The largest absolute Gasteiger partial charge is 0.382 e. The van der Waals surface area contributed by atoms with E-state index in [1.807, 2.05) is 0 Å². The van der Waals surface area contributed by atoms with Crippen molar-refractivity contribution in [2.45, 2.75) is 129 Å². The molecule has 2 atom stereocenters. The Bertz CT molecular complexity index is 307. The Labute approximate surface area is 201 Å². The molecule has 0 aromatic carbocycles. The highest BCUT2D eigenvalue weighted by atomic mass is 33.1. The van der Waals surface area contributed by atoms with E-state index in [1.165, 1.54) is 87.0 Å². The van der Waals surface area contributed by atoms with E-state index in [1.54, 1.807) is 0 Å². The average molecular weight is 495 g/mol. The summed E-state index contributed by atoms with van der Waals surface area (Å²) < 4.78 is 12.4. The van der Waals surface area contributed by atoms with Gasteiger partial charge in [-0.1, -0.05) is 99.1 Å². The second kappa shape index (κ2) is 23.2. The Morgan fingerprint density at radius 2 is 0.900 bits per heavy atom. The Morgan fingerprint density at radius 3 is 1.17 bits per heavy atom. The van der Waals surface area contributed by atoms with Gasteiger partial charge in [0.2, 0.25) is 0 Å². The van der Waals surface area contributed by atoms with Crippen LogP contribution < -0.4 is 0 Å². The second-order valence-corrected chi connectivity index (χ2v) is 18.1. The summed E-state index contributed by atoms with van der Waals surface area (Å²) >= 11 is 0. The van der Waals surface area contributed by atoms with Gasteiger partial charge in [0, 0.05) is 36.2 Å². The number of hydrogen-bond acceptors (Lipinski definition) is 4. The van der Waals surface area contributed by atoms with Gasteiger partial charge in [-0.2, -0.15) is 0 Å². The molecule has 0 N–H and O–H groups in total. The summed E-state index contributed by atoms with van der Waals surface area (Å²) in [5, 5.41) is 0. The third-order valence-corrected chi connectivity index (χ3v) is 17.0. The van der Waals surface area contributed by atoms with E-state index >= 15 is 0 Å². The van der Waals surface area contributed by atoms with Gasteiger partial charge in [-0.05, 0) is 39.5 Å². The summed E-state index contributed by atoms with van der Waals surface area (Å²) in [4.78, 5) is 0. The molecule has 0 amide bonds. The highest BCUT2D eigenvalue weighted by Crippen LogP contribution is 2.27. The first kappa shape index (κ1) is 31.1. The van der Waals surface area contributed by atoms with Crippen LogP contribution in [0.1, 0.15) is 92.9 Å². The Kier molecular flexibility index (Phi) is 24.0. The first-order valence-corrected chi connectivity index (χ1v) is 20.2. The van der Waals surface area contributed by atoms with Crippen molar-refractivity contribution in [2.24, 2.45) is 0 Å². The van der Waals surface area contributed by atoms with Crippen molar-refractivity contribution in [3.8, 4) is 0 Å². The molecule has 0 radical (unpaired) electrons. The minimum Gasteiger partial charge on any atom is -0.382 e. The van der Waals surface area contributed by atoms with Gasteiger partial charge in [0.25, 0.3) is 0 Å². The van der Waals surface area contributed by atoms with Gasteiger partial charge in [0.05, 0.1) is 17.6 Å². The zero-order valence-corrected chi connectivity index (χ0v) is 25.2. The highest BCUT2D eigenvalue weighted by molar-refractivity contribution is 8.76. The summed E-state index contributed by atoms with van der Waals surface area (Å²) in [5.41, 5.74) is 1.23. The van der Waals surface area contributed by atoms with Crippen molar-refractivity contribution in [3.05, 3.63) is 0 Å². The van der Waals surface area contributed by atoms with Gasteiger partial charge < -0.3 is 9.47 Å². The third kappa shape index (κ3) is 15.8. The SMILES string of the molecule is CCC[SiH](CCC)C(CCCSSCCCC(OCC)[SiH](CCC)CCC)OCC. The fourth-order valence-corrected chi connectivity index (χ4v) is 14.3. The van der Waals surface area contributed by atoms with E-state index in [9.17, 15) is 0 Å². The Balaban J connectivity index is 4.08. The lowest BCUT2D eigenvalue weighted by atomic mass is 10.3. The van der Waals surface area contributed by atoms with Crippen LogP contribution in [0.4, 0.5) is 0 Å². The van der Waals surface area contributed by atoms with Gasteiger partial charge in [0.15, 0.2) is 0 Å². The fourth-order valence-electron chi connectivity index (χ4n) is 4.66. The maximum atomic E-state index is 6.20. The smallest absolute Gasteiger partial charge is 0.0716 e. The molecule has 0 saturated carbocycles. The molecule has 0 rings (SSSR count). The standard InChI is InChI=1S/C24H54O2S2Si2/c1-7-19-29(20-8-2)23(25-11-5)15-13-17-27-28-18-14-16-24(26-12-6)30(21-9-3)22-10-4/h23-24,29-30H,7-22H2,1-6H3. The molecule has 0 spiro atoms. The molecule has 0 aromatic heterocycles. The van der Waals surface area contributed by atoms with Gasteiger partial charge >= 0.3 is 0 Å². The summed E-state index contributed by atoms with van der Waals surface area (Å²) in [5.74, 6) is 2.57. The number of hydrogen-bond donors (Lipinski definition) is 0. The van der Waals surface area contributed by atoms with E-state index in [2.05, 4.69) is 63.1 Å². The van der Waals surface area contributed by atoms with Crippen LogP contribution in [0.2, 0.25) is 24.2 Å². The molecule has 0 heterocycles. The fraction of sp³-hybridized carbons (Fsp3) is 1.00. The molecule has 0 aliphatic carbocycles. The number of ether oxygens (including phenoxy) is 2. The average Bonchev–Trinajstić information content (AvgIpc) is 2.73. The molecular formula is C24H54O2S2Si2. The van der Waals surface area contributed by atoms with Crippen molar-refractivity contribution < 1.29 is 9.47 Å². The minimum absolute atomic E-state index is 0.617. The van der Waals surface area contributed by atoms with Crippen LogP contribution in [-0.2, 0) is 9.47 Å². The first-order chi connectivity index (χ1) is 14.7. The van der Waals surface area contributed by atoms with E-state index < -0.39 is 17.6 Å². The predicted molar refractivity (Wildman–Crippen MR) is 149 cm³/mol. The van der Waals surface area contributed by atoms with Gasteiger partial charge in [0.1, 0.15) is 0 Å². The first-order valence-electron chi connectivity index (χ1n) is 13.2. The van der Waals surface area contributed by atoms with Crippen LogP contribution in [0.3, 0.4) is 0 Å². The predicted octanol–water partition coefficient (Wildman–Crippen LogP) is 7.91. The molecule has 182 valence electrons. The summed E-state index contributed by atoms with van der Waals surface area (Å²) in [6, 6.07) is 5.84. The zero-order valence-electron chi connectivity index (χ0n) is 21.3. The Hall–Kier alpha value is 1.05. The minimum atomic E-state index is -0.725. The lowest BCUT2D eigenvalue weighted by Gasteiger charge is -2.26. The van der Waals surface area contributed by atoms with Gasteiger partial charge in [-0.25, -0.2) is 0 Å². The summed E-state index contributed by atoms with van der Waals surface area (Å²) in [6.07, 6.45) is 10.6. The zero-order chi connectivity index (χ0) is 22.5. The lowest BCUT2D eigenvalue weighted by Crippen LogP contribution is -2.33. The normalized spacial score (nSPS) is 14.0. The van der Waals surface area contributed by atoms with Gasteiger partial charge in [-0.15, -0.1) is 0 Å². The topological polar surface area (TPSA) is 18.5 Å². The molecule has 0 aliphatic rings. The van der Waals surface area contributed by atoms with Gasteiger partial charge in [-0.3, -0.25) is 0 Å². The monoisotopic (exact) mass is 494 g/mol. The lowest BCUT2D eigenvalue weighted by molar-refractivity contribution is 0.107. The molecule has 6 heteroatoms. The molecule has 2 nitrogen and oxygen atoms in total. The van der Waals surface area contributed by atoms with E-state index in [-0.39, 0.29) is 0 Å². The van der Waals surface area contributed by atoms with E-state index in [0.717, 1.165) is 13.2 Å². The molecule has 0 bridgehead atoms. The van der Waals surface area contributed by atoms with Crippen molar-refractivity contribution >= 4 is 39.2 Å². The second-order valence-electron chi connectivity index (χ2n) is 8.59. The van der Waals surface area contributed by atoms with Crippen molar-refractivity contribution in [2.75, 3.05) is 24.7 Å². The van der Waals surface area contributed by atoms with Crippen LogP contribution >= 0.6 is 21.6 Å². The number of rotatable bonds is 23. The van der Waals surface area contributed by atoms with Crippen LogP contribution in [0.15, 0.2) is 0 Å².